The van der Waals surface area contributed by atoms with Crippen LogP contribution in [0.1, 0.15) is 57.3 Å². The third-order valence-corrected chi connectivity index (χ3v) is 12.3. The lowest BCUT2D eigenvalue weighted by molar-refractivity contribution is -0.161. The molecule has 2 aromatic rings. The van der Waals surface area contributed by atoms with Crippen LogP contribution in [0, 0.1) is 0 Å². The van der Waals surface area contributed by atoms with Crippen LogP contribution in [0.3, 0.4) is 0 Å². The van der Waals surface area contributed by atoms with Gasteiger partial charge in [-0.1, -0.05) is 60.7 Å². The third-order valence-electron chi connectivity index (χ3n) is 9.49. The Hall–Kier alpha value is -6.28. The summed E-state index contributed by atoms with van der Waals surface area (Å²) in [6, 6.07) is 11.2. The summed E-state index contributed by atoms with van der Waals surface area (Å²) in [6.45, 7) is 5.36. The molecule has 2 aromatic carbocycles. The van der Waals surface area contributed by atoms with Gasteiger partial charge in [0.1, 0.15) is 52.7 Å². The van der Waals surface area contributed by atoms with Crippen molar-refractivity contribution >= 4 is 82.8 Å². The molecule has 0 aliphatic carbocycles. The first-order chi connectivity index (χ1) is 28.1. The largest absolute Gasteiger partial charge is 0.389 e. The molecule has 6 atom stereocenters. The van der Waals surface area contributed by atoms with E-state index in [0.717, 1.165) is 23.6 Å². The molecule has 4 aliphatic rings. The molecule has 0 aromatic heterocycles. The number of nitrogens with zero attached hydrogens (tertiary/aromatic N) is 2. The standard InChI is InChI=1S/C39H38N6O12S2/c1-18-16-58-36-28(34(52)44(36)30(18)38(54)56-20(3)46)42-32(50)26(22-11-7-5-8-12-22)40-24(48)15-25(49)41-27(23-13-9-6-10-14-23)33(51)43-29-35(53)45-31(39(55)57-21(4)47)19(2)17-59-37(29)45/h5-14,26-29,36-37H,15-17H2,1-4H3,(H,40,48)(H,41,49)(H,42,50)(H,43,51)/t26-,27+,28+,29-,36?,37?. The van der Waals surface area contributed by atoms with Gasteiger partial charge in [0.05, 0.1) is 0 Å². The summed E-state index contributed by atoms with van der Waals surface area (Å²) in [5.74, 6) is -7.69. The number of rotatable bonds is 12. The van der Waals surface area contributed by atoms with Crippen LogP contribution in [-0.4, -0.2) is 103 Å². The Morgan fingerprint density at radius 3 is 1.32 bits per heavy atom. The highest BCUT2D eigenvalue weighted by molar-refractivity contribution is 8.00. The zero-order valence-electron chi connectivity index (χ0n) is 32.0. The zero-order chi connectivity index (χ0) is 42.7. The molecule has 20 heteroatoms. The van der Waals surface area contributed by atoms with Gasteiger partial charge in [-0.25, -0.2) is 9.59 Å². The van der Waals surface area contributed by atoms with E-state index < -0.39 is 101 Å². The van der Waals surface area contributed by atoms with Gasteiger partial charge in [-0.05, 0) is 36.1 Å². The average molecular weight is 847 g/mol. The minimum absolute atomic E-state index is 0.0795. The summed E-state index contributed by atoms with van der Waals surface area (Å²) < 4.78 is 9.43. The van der Waals surface area contributed by atoms with Crippen molar-refractivity contribution in [1.29, 1.82) is 0 Å². The molecule has 0 bridgehead atoms. The Bertz CT molecular complexity index is 2060. The van der Waals surface area contributed by atoms with E-state index in [1.807, 2.05) is 0 Å². The number of β-lactam (4-membered cyclic amide) rings is 2. The molecule has 0 radical (unpaired) electrons. The molecule has 18 nitrogen and oxygen atoms in total. The van der Waals surface area contributed by atoms with Crippen LogP contribution in [0.15, 0.2) is 83.2 Å². The lowest BCUT2D eigenvalue weighted by atomic mass is 10.0. The van der Waals surface area contributed by atoms with E-state index in [-0.39, 0.29) is 11.4 Å². The van der Waals surface area contributed by atoms with Crippen LogP contribution in [0.5, 0.6) is 0 Å². The van der Waals surface area contributed by atoms with Gasteiger partial charge >= 0.3 is 23.9 Å². The highest BCUT2D eigenvalue weighted by atomic mass is 32.2. The van der Waals surface area contributed by atoms with Crippen molar-refractivity contribution in [3.63, 3.8) is 0 Å². The van der Waals surface area contributed by atoms with Crippen LogP contribution in [-0.2, 0) is 57.4 Å². The van der Waals surface area contributed by atoms with Crippen LogP contribution >= 0.6 is 23.5 Å². The highest BCUT2D eigenvalue weighted by Gasteiger charge is 2.56. The number of esters is 4. The fraction of sp³-hybridized carbons (Fsp3) is 0.333. The van der Waals surface area contributed by atoms with Gasteiger partial charge in [0.2, 0.25) is 23.6 Å². The fourth-order valence-corrected chi connectivity index (χ4v) is 9.40. The predicted octanol–water partition coefficient (Wildman–Crippen LogP) is 0.619. The number of nitrogens with one attached hydrogen (secondary N) is 4. The summed E-state index contributed by atoms with van der Waals surface area (Å²) in [7, 11) is 0. The molecular weight excluding hydrogens is 809 g/mol. The van der Waals surface area contributed by atoms with Crippen LogP contribution in [0.2, 0.25) is 0 Å². The maximum atomic E-state index is 13.8. The average Bonchev–Trinajstić information content (AvgIpc) is 3.19. The molecule has 4 heterocycles. The van der Waals surface area contributed by atoms with Crippen molar-refractivity contribution in [2.45, 2.75) is 69.0 Å². The third kappa shape index (κ3) is 8.92. The van der Waals surface area contributed by atoms with E-state index in [4.69, 9.17) is 9.47 Å². The molecule has 2 unspecified atom stereocenters. The van der Waals surface area contributed by atoms with Gasteiger partial charge < -0.3 is 30.7 Å². The summed E-state index contributed by atoms with van der Waals surface area (Å²) in [6.07, 6.45) is -0.839. The summed E-state index contributed by atoms with van der Waals surface area (Å²) >= 11 is 2.56. The molecule has 4 N–H and O–H groups in total. The van der Waals surface area contributed by atoms with E-state index >= 15 is 0 Å². The maximum absolute atomic E-state index is 13.8. The van der Waals surface area contributed by atoms with E-state index in [1.165, 1.54) is 23.5 Å². The molecule has 0 saturated carbocycles. The number of hydrogen-bond acceptors (Lipinski definition) is 14. The van der Waals surface area contributed by atoms with Gasteiger partial charge in [-0.3, -0.25) is 48.2 Å². The number of hydrogen-bond donors (Lipinski definition) is 4. The molecule has 6 amide bonds. The Labute approximate surface area is 345 Å². The Balaban J connectivity index is 1.11. The predicted molar refractivity (Wildman–Crippen MR) is 208 cm³/mol. The Morgan fingerprint density at radius 1 is 0.627 bits per heavy atom. The normalized spacial score (nSPS) is 21.6. The summed E-state index contributed by atoms with van der Waals surface area (Å²) in [5.41, 5.74) is 1.51. The quantitative estimate of drug-likeness (QED) is 0.130. The van der Waals surface area contributed by atoms with E-state index in [1.54, 1.807) is 74.5 Å². The number of benzene rings is 2. The van der Waals surface area contributed by atoms with Crippen LogP contribution < -0.4 is 21.3 Å². The van der Waals surface area contributed by atoms with Crippen molar-refractivity contribution in [3.05, 3.63) is 94.3 Å². The minimum Gasteiger partial charge on any atom is -0.389 e. The molecule has 2 saturated heterocycles. The molecule has 59 heavy (non-hydrogen) atoms. The fourth-order valence-electron chi connectivity index (χ4n) is 6.82. The summed E-state index contributed by atoms with van der Waals surface area (Å²) in [4.78, 5) is 131. The van der Waals surface area contributed by atoms with Gasteiger partial charge in [0.25, 0.3) is 11.8 Å². The van der Waals surface area contributed by atoms with Gasteiger partial charge in [-0.2, -0.15) is 0 Å². The summed E-state index contributed by atoms with van der Waals surface area (Å²) in [5, 5.41) is 8.95. The molecule has 0 spiro atoms. The Kier molecular flexibility index (Phi) is 12.7. The SMILES string of the molecule is CC(=O)OC(=O)C1=C(C)CSC2[C@H](NC(=O)[C@@H](NC(=O)CC(=O)N[C@@H](C(=O)N[C@H]3C(=O)N4C(C(=O)OC(C)=O)=C(C)CSC34)c3ccccc3)c3ccccc3)C(=O)N12. The second-order valence-electron chi connectivity index (χ2n) is 13.8. The van der Waals surface area contributed by atoms with Crippen LogP contribution in [0.4, 0.5) is 0 Å². The molecule has 6 rings (SSSR count). The number of fused-ring (bicyclic) bond motifs is 2. The topological polar surface area (TPSA) is 244 Å². The molecule has 2 fully saturated rings. The number of carbonyl (C=O) groups is 10. The van der Waals surface area contributed by atoms with Crippen molar-refractivity contribution in [1.82, 2.24) is 31.1 Å². The van der Waals surface area contributed by atoms with Crippen LogP contribution in [0.25, 0.3) is 0 Å². The first kappa shape index (κ1) is 42.3. The first-order valence-corrected chi connectivity index (χ1v) is 20.2. The molecule has 308 valence electrons. The first-order valence-electron chi connectivity index (χ1n) is 18.1. The minimum atomic E-state index is -1.38. The lowest BCUT2D eigenvalue weighted by Gasteiger charge is -2.49. The van der Waals surface area contributed by atoms with E-state index in [2.05, 4.69) is 21.3 Å². The number of ether oxygens (including phenoxy) is 2. The molecule has 4 aliphatic heterocycles. The number of carbonyl (C=O) groups excluding carboxylic acids is 10. The van der Waals surface area contributed by atoms with Crippen molar-refractivity contribution in [3.8, 4) is 0 Å². The second kappa shape index (κ2) is 17.7. The monoisotopic (exact) mass is 846 g/mol. The van der Waals surface area contributed by atoms with Crippen molar-refractivity contribution in [2.75, 3.05) is 11.5 Å². The smallest absolute Gasteiger partial charge is 0.362 e. The second-order valence-corrected chi connectivity index (χ2v) is 16.0. The van der Waals surface area contributed by atoms with Gasteiger partial charge in [0, 0.05) is 25.4 Å². The van der Waals surface area contributed by atoms with Gasteiger partial charge in [0.15, 0.2) is 0 Å². The highest BCUT2D eigenvalue weighted by Crippen LogP contribution is 2.42. The van der Waals surface area contributed by atoms with Crippen molar-refractivity contribution in [2.24, 2.45) is 0 Å². The number of thioether (sulfide) groups is 2. The lowest BCUT2D eigenvalue weighted by Crippen LogP contribution is -2.71. The van der Waals surface area contributed by atoms with E-state index in [9.17, 15) is 47.9 Å². The Morgan fingerprint density at radius 2 is 0.983 bits per heavy atom. The number of amides is 6. The molecular formula is C39H38N6O12S2. The van der Waals surface area contributed by atoms with E-state index in [0.29, 0.717) is 33.8 Å². The van der Waals surface area contributed by atoms with Gasteiger partial charge in [-0.15, -0.1) is 23.5 Å². The van der Waals surface area contributed by atoms with Crippen molar-refractivity contribution < 1.29 is 57.4 Å². The maximum Gasteiger partial charge on any atom is 0.362 e. The zero-order valence-corrected chi connectivity index (χ0v) is 33.6.